The molecule has 82 valence electrons. The van der Waals surface area contributed by atoms with E-state index in [1.165, 1.54) is 0 Å². The molecule has 0 aromatic heterocycles. The fraction of sp³-hybridized carbons (Fsp3) is 0.462. The van der Waals surface area contributed by atoms with Gasteiger partial charge in [-0.2, -0.15) is 0 Å². The van der Waals surface area contributed by atoms with Crippen molar-refractivity contribution in [2.24, 2.45) is 0 Å². The summed E-state index contributed by atoms with van der Waals surface area (Å²) in [7, 11) is 0. The zero-order valence-corrected chi connectivity index (χ0v) is 10.0. The number of nitrogens with zero attached hydrogens (tertiary/aromatic N) is 1. The van der Waals surface area contributed by atoms with Gasteiger partial charge in [0.05, 0.1) is 0 Å². The fourth-order valence-corrected chi connectivity index (χ4v) is 1.65. The number of aryl methyl sites for hydroxylation is 2. The molecule has 0 fully saturated rings. The van der Waals surface area contributed by atoms with Crippen molar-refractivity contribution in [2.75, 3.05) is 13.1 Å². The van der Waals surface area contributed by atoms with Gasteiger partial charge in [-0.15, -0.1) is 0 Å². The van der Waals surface area contributed by atoms with E-state index in [-0.39, 0.29) is 5.91 Å². The summed E-state index contributed by atoms with van der Waals surface area (Å²) in [4.78, 5) is 14.0. The molecule has 15 heavy (non-hydrogen) atoms. The summed E-state index contributed by atoms with van der Waals surface area (Å²) in [5.41, 5.74) is 3.02. The minimum atomic E-state index is 0.140. The molecular weight excluding hydrogens is 186 g/mol. The molecule has 2 nitrogen and oxygen atoms in total. The highest BCUT2D eigenvalue weighted by atomic mass is 16.2. The van der Waals surface area contributed by atoms with Gasteiger partial charge in [0.25, 0.3) is 5.91 Å². The molecular formula is C13H19NO. The van der Waals surface area contributed by atoms with Crippen LogP contribution in [0, 0.1) is 13.8 Å². The quantitative estimate of drug-likeness (QED) is 0.743. The van der Waals surface area contributed by atoms with E-state index in [9.17, 15) is 4.79 Å². The summed E-state index contributed by atoms with van der Waals surface area (Å²) in [5.74, 6) is 0.140. The second-order valence-corrected chi connectivity index (χ2v) is 3.80. The van der Waals surface area contributed by atoms with Crippen molar-refractivity contribution in [1.82, 2.24) is 4.90 Å². The van der Waals surface area contributed by atoms with E-state index in [0.717, 1.165) is 29.8 Å². The molecule has 0 spiro atoms. The maximum Gasteiger partial charge on any atom is 0.254 e. The molecule has 0 heterocycles. The molecule has 0 aliphatic carbocycles. The highest BCUT2D eigenvalue weighted by Crippen LogP contribution is 2.13. The lowest BCUT2D eigenvalue weighted by Crippen LogP contribution is -2.31. The van der Waals surface area contributed by atoms with Crippen LogP contribution in [0.5, 0.6) is 0 Å². The van der Waals surface area contributed by atoms with Crippen LogP contribution in [-0.2, 0) is 0 Å². The lowest BCUT2D eigenvalue weighted by molar-refractivity contribution is 0.0772. The Labute approximate surface area is 91.9 Å². The van der Waals surface area contributed by atoms with Gasteiger partial charge < -0.3 is 4.90 Å². The van der Waals surface area contributed by atoms with Gasteiger partial charge in [0.2, 0.25) is 0 Å². The van der Waals surface area contributed by atoms with Crippen LogP contribution in [-0.4, -0.2) is 23.9 Å². The number of carbonyl (C=O) groups excluding carboxylic acids is 1. The molecule has 1 rings (SSSR count). The van der Waals surface area contributed by atoms with Crippen LogP contribution in [0.25, 0.3) is 0 Å². The van der Waals surface area contributed by atoms with Gasteiger partial charge in [-0.05, 0) is 39.3 Å². The average Bonchev–Trinajstić information content (AvgIpc) is 2.23. The minimum absolute atomic E-state index is 0.140. The van der Waals surface area contributed by atoms with E-state index in [1.54, 1.807) is 0 Å². The average molecular weight is 205 g/mol. The predicted molar refractivity (Wildman–Crippen MR) is 63.2 cm³/mol. The van der Waals surface area contributed by atoms with E-state index in [2.05, 4.69) is 0 Å². The van der Waals surface area contributed by atoms with Gasteiger partial charge in [-0.1, -0.05) is 17.7 Å². The normalized spacial score (nSPS) is 10.1. The largest absolute Gasteiger partial charge is 0.339 e. The summed E-state index contributed by atoms with van der Waals surface area (Å²) < 4.78 is 0. The van der Waals surface area contributed by atoms with Crippen molar-refractivity contribution in [1.29, 1.82) is 0 Å². The lowest BCUT2D eigenvalue weighted by atomic mass is 10.0. The maximum absolute atomic E-state index is 12.1. The fourth-order valence-electron chi connectivity index (χ4n) is 1.65. The van der Waals surface area contributed by atoms with Gasteiger partial charge in [0.15, 0.2) is 0 Å². The highest BCUT2D eigenvalue weighted by Gasteiger charge is 2.14. The summed E-state index contributed by atoms with van der Waals surface area (Å²) in [6.45, 7) is 9.54. The molecule has 1 amide bonds. The topological polar surface area (TPSA) is 20.3 Å². The molecule has 0 atom stereocenters. The van der Waals surface area contributed by atoms with E-state index in [4.69, 9.17) is 0 Å². The van der Waals surface area contributed by atoms with Crippen LogP contribution in [0.1, 0.15) is 35.3 Å². The van der Waals surface area contributed by atoms with Gasteiger partial charge in [0.1, 0.15) is 0 Å². The second-order valence-electron chi connectivity index (χ2n) is 3.80. The molecule has 0 saturated heterocycles. The van der Waals surface area contributed by atoms with Crippen molar-refractivity contribution >= 4 is 5.91 Å². The zero-order chi connectivity index (χ0) is 11.4. The maximum atomic E-state index is 12.1. The number of benzene rings is 1. The van der Waals surface area contributed by atoms with Crippen molar-refractivity contribution in [2.45, 2.75) is 27.7 Å². The third-order valence-corrected chi connectivity index (χ3v) is 2.67. The summed E-state index contributed by atoms with van der Waals surface area (Å²) in [5, 5.41) is 0. The summed E-state index contributed by atoms with van der Waals surface area (Å²) in [6.07, 6.45) is 0. The highest BCUT2D eigenvalue weighted by molar-refractivity contribution is 5.95. The summed E-state index contributed by atoms with van der Waals surface area (Å²) >= 11 is 0. The van der Waals surface area contributed by atoms with E-state index in [0.29, 0.717) is 0 Å². The van der Waals surface area contributed by atoms with Gasteiger partial charge in [-0.3, -0.25) is 4.79 Å². The number of carbonyl (C=O) groups is 1. The molecule has 0 bridgehead atoms. The first-order valence-electron chi connectivity index (χ1n) is 5.46. The Morgan fingerprint density at radius 3 is 2.33 bits per heavy atom. The van der Waals surface area contributed by atoms with Gasteiger partial charge >= 0.3 is 0 Å². The van der Waals surface area contributed by atoms with E-state index >= 15 is 0 Å². The molecule has 0 radical (unpaired) electrons. The Morgan fingerprint density at radius 2 is 1.80 bits per heavy atom. The molecule has 1 aromatic carbocycles. The molecule has 0 aliphatic rings. The zero-order valence-electron chi connectivity index (χ0n) is 10.0. The van der Waals surface area contributed by atoms with Crippen LogP contribution < -0.4 is 0 Å². The first kappa shape index (κ1) is 11.8. The lowest BCUT2D eigenvalue weighted by Gasteiger charge is -2.19. The Balaban J connectivity index is 3.04. The van der Waals surface area contributed by atoms with Crippen LogP contribution in [0.15, 0.2) is 18.2 Å². The Bertz CT molecular complexity index is 354. The number of rotatable bonds is 3. The van der Waals surface area contributed by atoms with Gasteiger partial charge in [-0.25, -0.2) is 0 Å². The second kappa shape index (κ2) is 4.96. The Morgan fingerprint density at radius 1 is 1.20 bits per heavy atom. The van der Waals surface area contributed by atoms with Crippen LogP contribution >= 0.6 is 0 Å². The summed E-state index contributed by atoms with van der Waals surface area (Å²) in [6, 6.07) is 6.01. The van der Waals surface area contributed by atoms with E-state index < -0.39 is 0 Å². The smallest absolute Gasteiger partial charge is 0.254 e. The standard InChI is InChI=1S/C13H19NO/c1-5-14(6-2)13(15)12-9-10(3)7-8-11(12)4/h7-9H,5-6H2,1-4H3. The van der Waals surface area contributed by atoms with Gasteiger partial charge in [0, 0.05) is 18.7 Å². The molecule has 2 heteroatoms. The Kier molecular flexibility index (Phi) is 3.89. The van der Waals surface area contributed by atoms with Crippen molar-refractivity contribution in [3.05, 3.63) is 34.9 Å². The first-order valence-corrected chi connectivity index (χ1v) is 5.46. The van der Waals surface area contributed by atoms with Crippen molar-refractivity contribution < 1.29 is 4.79 Å². The predicted octanol–water partition coefficient (Wildman–Crippen LogP) is 2.79. The number of hydrogen-bond acceptors (Lipinski definition) is 1. The minimum Gasteiger partial charge on any atom is -0.339 e. The SMILES string of the molecule is CCN(CC)C(=O)c1cc(C)ccc1C. The molecule has 0 aliphatic heterocycles. The van der Waals surface area contributed by atoms with Crippen LogP contribution in [0.2, 0.25) is 0 Å². The number of hydrogen-bond donors (Lipinski definition) is 0. The molecule has 0 N–H and O–H groups in total. The molecule has 0 saturated carbocycles. The van der Waals surface area contributed by atoms with Crippen LogP contribution in [0.4, 0.5) is 0 Å². The third-order valence-electron chi connectivity index (χ3n) is 2.67. The Hall–Kier alpha value is -1.31. The van der Waals surface area contributed by atoms with Crippen molar-refractivity contribution in [3.63, 3.8) is 0 Å². The molecule has 1 aromatic rings. The monoisotopic (exact) mass is 205 g/mol. The van der Waals surface area contributed by atoms with E-state index in [1.807, 2.05) is 50.8 Å². The van der Waals surface area contributed by atoms with Crippen LogP contribution in [0.3, 0.4) is 0 Å². The first-order chi connectivity index (χ1) is 7.10. The number of amides is 1. The molecule has 0 unspecified atom stereocenters. The third kappa shape index (κ3) is 2.58. The van der Waals surface area contributed by atoms with Crippen molar-refractivity contribution in [3.8, 4) is 0 Å².